The summed E-state index contributed by atoms with van der Waals surface area (Å²) in [6.45, 7) is 5.39. The zero-order valence-corrected chi connectivity index (χ0v) is 9.90. The van der Waals surface area contributed by atoms with Crippen LogP contribution in [-0.4, -0.2) is 18.8 Å². The fraction of sp³-hybridized carbons (Fsp3) is 0.429. The third-order valence-electron chi connectivity index (χ3n) is 2.11. The molecule has 2 nitrogen and oxygen atoms in total. The summed E-state index contributed by atoms with van der Waals surface area (Å²) in [5.74, 6) is 2.45. The number of benzene rings is 1. The topological polar surface area (TPSA) is 18.5 Å². The van der Waals surface area contributed by atoms with Gasteiger partial charge in [0.25, 0.3) is 0 Å². The van der Waals surface area contributed by atoms with Crippen molar-refractivity contribution in [1.29, 1.82) is 0 Å². The number of rotatable bonds is 6. The second kappa shape index (κ2) is 6.32. The molecule has 0 fully saturated rings. The van der Waals surface area contributed by atoms with Crippen molar-refractivity contribution in [3.63, 3.8) is 0 Å². The predicted octanol–water partition coefficient (Wildman–Crippen LogP) is 2.63. The molecule has 86 valence electrons. The van der Waals surface area contributed by atoms with Gasteiger partial charge in [-0.15, -0.1) is 6.42 Å². The SMILES string of the molecule is C#CCOC(C)(C)COCc1ccccc1. The lowest BCUT2D eigenvalue weighted by Crippen LogP contribution is -2.30. The zero-order valence-electron chi connectivity index (χ0n) is 9.90. The van der Waals surface area contributed by atoms with Crippen molar-refractivity contribution in [2.45, 2.75) is 26.1 Å². The minimum atomic E-state index is -0.332. The summed E-state index contributed by atoms with van der Waals surface area (Å²) >= 11 is 0. The maximum absolute atomic E-state index is 5.59. The normalized spacial score (nSPS) is 11.1. The van der Waals surface area contributed by atoms with Gasteiger partial charge in [-0.05, 0) is 19.4 Å². The Labute approximate surface area is 97.6 Å². The van der Waals surface area contributed by atoms with Crippen LogP contribution in [0.25, 0.3) is 0 Å². The van der Waals surface area contributed by atoms with Gasteiger partial charge in [-0.3, -0.25) is 0 Å². The van der Waals surface area contributed by atoms with Crippen LogP contribution in [0.2, 0.25) is 0 Å². The fourth-order valence-electron chi connectivity index (χ4n) is 1.27. The Kier molecular flexibility index (Phi) is 5.04. The molecule has 0 aliphatic heterocycles. The predicted molar refractivity (Wildman–Crippen MR) is 65.0 cm³/mol. The van der Waals surface area contributed by atoms with Crippen LogP contribution in [0.3, 0.4) is 0 Å². The fourth-order valence-corrected chi connectivity index (χ4v) is 1.27. The molecule has 0 bridgehead atoms. The highest BCUT2D eigenvalue weighted by Gasteiger charge is 2.17. The van der Waals surface area contributed by atoms with Crippen LogP contribution < -0.4 is 0 Å². The van der Waals surface area contributed by atoms with E-state index in [0.717, 1.165) is 5.56 Å². The third kappa shape index (κ3) is 4.97. The van der Waals surface area contributed by atoms with E-state index in [1.54, 1.807) is 0 Å². The van der Waals surface area contributed by atoms with Gasteiger partial charge < -0.3 is 9.47 Å². The molecule has 0 aliphatic rings. The Balaban J connectivity index is 2.27. The zero-order chi connectivity index (χ0) is 11.9. The average molecular weight is 218 g/mol. The summed E-state index contributed by atoms with van der Waals surface area (Å²) in [7, 11) is 0. The lowest BCUT2D eigenvalue weighted by Gasteiger charge is -2.23. The molecule has 1 rings (SSSR count). The van der Waals surface area contributed by atoms with Crippen LogP contribution in [0.1, 0.15) is 19.4 Å². The van der Waals surface area contributed by atoms with Crippen LogP contribution in [0.15, 0.2) is 30.3 Å². The summed E-state index contributed by atoms with van der Waals surface area (Å²) < 4.78 is 11.0. The van der Waals surface area contributed by atoms with Crippen molar-refractivity contribution >= 4 is 0 Å². The Bertz CT molecular complexity index is 336. The first-order valence-electron chi connectivity index (χ1n) is 5.33. The minimum absolute atomic E-state index is 0.321. The van der Waals surface area contributed by atoms with Crippen LogP contribution in [0.4, 0.5) is 0 Å². The van der Waals surface area contributed by atoms with E-state index in [0.29, 0.717) is 19.8 Å². The number of ether oxygens (including phenoxy) is 2. The van der Waals surface area contributed by atoms with Gasteiger partial charge in [-0.2, -0.15) is 0 Å². The van der Waals surface area contributed by atoms with Crippen LogP contribution in [0.5, 0.6) is 0 Å². The Hall–Kier alpha value is -1.30. The lowest BCUT2D eigenvalue weighted by atomic mass is 10.1. The standard InChI is InChI=1S/C14H18O2/c1-4-10-16-14(2,3)12-15-11-13-8-6-5-7-9-13/h1,5-9H,10-12H2,2-3H3. The number of terminal acetylenes is 1. The van der Waals surface area contributed by atoms with Crippen molar-refractivity contribution in [2.24, 2.45) is 0 Å². The molecule has 0 N–H and O–H groups in total. The van der Waals surface area contributed by atoms with Gasteiger partial charge in [-0.25, -0.2) is 0 Å². The molecule has 2 heteroatoms. The van der Waals surface area contributed by atoms with Gasteiger partial charge in [0.2, 0.25) is 0 Å². The van der Waals surface area contributed by atoms with Crippen molar-refractivity contribution < 1.29 is 9.47 Å². The molecule has 0 aliphatic carbocycles. The third-order valence-corrected chi connectivity index (χ3v) is 2.11. The molecule has 0 saturated heterocycles. The summed E-state index contributed by atoms with van der Waals surface area (Å²) in [6, 6.07) is 10.1. The largest absolute Gasteiger partial charge is 0.374 e. The smallest absolute Gasteiger partial charge is 0.108 e. The summed E-state index contributed by atoms with van der Waals surface area (Å²) in [4.78, 5) is 0. The second-order valence-corrected chi connectivity index (χ2v) is 4.23. The van der Waals surface area contributed by atoms with Crippen molar-refractivity contribution in [2.75, 3.05) is 13.2 Å². The van der Waals surface area contributed by atoms with Gasteiger partial charge in [0.05, 0.1) is 18.8 Å². The van der Waals surface area contributed by atoms with E-state index in [4.69, 9.17) is 15.9 Å². The molecule has 0 heterocycles. The number of hydrogen-bond donors (Lipinski definition) is 0. The molecule has 0 amide bonds. The monoisotopic (exact) mass is 218 g/mol. The molecule has 1 aromatic carbocycles. The Morgan fingerprint density at radius 2 is 1.94 bits per heavy atom. The van der Waals surface area contributed by atoms with Gasteiger partial charge in [0.1, 0.15) is 6.61 Å². The average Bonchev–Trinajstić information content (AvgIpc) is 2.28. The Morgan fingerprint density at radius 3 is 2.56 bits per heavy atom. The molecule has 0 aromatic heterocycles. The van der Waals surface area contributed by atoms with Gasteiger partial charge >= 0.3 is 0 Å². The van der Waals surface area contributed by atoms with E-state index in [2.05, 4.69) is 5.92 Å². The molecular weight excluding hydrogens is 200 g/mol. The molecule has 0 saturated carbocycles. The van der Waals surface area contributed by atoms with E-state index in [-0.39, 0.29) is 5.60 Å². The van der Waals surface area contributed by atoms with E-state index in [1.807, 2.05) is 44.2 Å². The van der Waals surface area contributed by atoms with Gasteiger partial charge in [-0.1, -0.05) is 36.3 Å². The maximum Gasteiger partial charge on any atom is 0.108 e. The first-order chi connectivity index (χ1) is 7.64. The maximum atomic E-state index is 5.59. The van der Waals surface area contributed by atoms with Crippen LogP contribution in [-0.2, 0) is 16.1 Å². The highest BCUT2D eigenvalue weighted by Crippen LogP contribution is 2.10. The highest BCUT2D eigenvalue weighted by atomic mass is 16.5. The Morgan fingerprint density at radius 1 is 1.25 bits per heavy atom. The van der Waals surface area contributed by atoms with E-state index < -0.39 is 0 Å². The molecule has 1 aromatic rings. The second-order valence-electron chi connectivity index (χ2n) is 4.23. The molecular formula is C14H18O2. The van der Waals surface area contributed by atoms with E-state index >= 15 is 0 Å². The molecule has 0 unspecified atom stereocenters. The first kappa shape index (κ1) is 12.8. The summed E-state index contributed by atoms with van der Waals surface area (Å²) in [6.07, 6.45) is 5.14. The molecule has 16 heavy (non-hydrogen) atoms. The van der Waals surface area contributed by atoms with E-state index in [1.165, 1.54) is 0 Å². The quantitative estimate of drug-likeness (QED) is 0.683. The van der Waals surface area contributed by atoms with Crippen LogP contribution >= 0.6 is 0 Å². The van der Waals surface area contributed by atoms with Gasteiger partial charge in [0.15, 0.2) is 0 Å². The number of hydrogen-bond acceptors (Lipinski definition) is 2. The van der Waals surface area contributed by atoms with Crippen molar-refractivity contribution in [3.8, 4) is 12.3 Å². The van der Waals surface area contributed by atoms with Crippen molar-refractivity contribution in [1.82, 2.24) is 0 Å². The molecule has 0 spiro atoms. The summed E-state index contributed by atoms with van der Waals surface area (Å²) in [5.41, 5.74) is 0.830. The first-order valence-corrected chi connectivity index (χ1v) is 5.33. The van der Waals surface area contributed by atoms with Crippen molar-refractivity contribution in [3.05, 3.63) is 35.9 Å². The summed E-state index contributed by atoms with van der Waals surface area (Å²) in [5, 5.41) is 0. The van der Waals surface area contributed by atoms with Gasteiger partial charge in [0, 0.05) is 0 Å². The molecule has 0 radical (unpaired) electrons. The van der Waals surface area contributed by atoms with Crippen LogP contribution in [0, 0.1) is 12.3 Å². The highest BCUT2D eigenvalue weighted by molar-refractivity contribution is 5.13. The lowest BCUT2D eigenvalue weighted by molar-refractivity contribution is -0.0673. The van der Waals surface area contributed by atoms with E-state index in [9.17, 15) is 0 Å². The molecule has 0 atom stereocenters. The minimum Gasteiger partial charge on any atom is -0.374 e.